The topological polar surface area (TPSA) is 66.5 Å². The number of hydrogen-bond donors (Lipinski definition) is 1. The van der Waals surface area contributed by atoms with Crippen LogP contribution in [0.5, 0.6) is 0 Å². The molecule has 1 fully saturated rings. The first-order valence-electron chi connectivity index (χ1n) is 9.69. The van der Waals surface area contributed by atoms with E-state index < -0.39 is 26.7 Å². The third-order valence-corrected chi connectivity index (χ3v) is 7.17. The molecule has 0 aromatic heterocycles. The summed E-state index contributed by atoms with van der Waals surface area (Å²) in [6, 6.07) is 11.2. The number of rotatable bonds is 5. The fourth-order valence-electron chi connectivity index (χ4n) is 3.53. The van der Waals surface area contributed by atoms with Gasteiger partial charge >= 0.3 is 6.18 Å². The standard InChI is InChI=1S/C21H23F3N2O3S/c1-2-15-6-3-4-9-19(15)25-20(27)16-10-12-26(13-11-16)30(28,29)18-8-5-7-17(14-18)21(22,23)24/h3-9,14,16H,2,10-13H2,1H3,(H,25,27). The molecule has 9 heteroatoms. The highest BCUT2D eigenvalue weighted by Gasteiger charge is 2.35. The summed E-state index contributed by atoms with van der Waals surface area (Å²) in [5.74, 6) is -0.533. The Morgan fingerprint density at radius 3 is 2.40 bits per heavy atom. The van der Waals surface area contributed by atoms with Gasteiger partial charge in [0.2, 0.25) is 15.9 Å². The number of anilines is 1. The minimum Gasteiger partial charge on any atom is -0.326 e. The molecule has 1 saturated heterocycles. The second kappa shape index (κ2) is 8.77. The maximum atomic E-state index is 12.9. The first-order valence-corrected chi connectivity index (χ1v) is 11.1. The highest BCUT2D eigenvalue weighted by molar-refractivity contribution is 7.89. The van der Waals surface area contributed by atoms with Crippen LogP contribution in [0.3, 0.4) is 0 Å². The van der Waals surface area contributed by atoms with Crippen molar-refractivity contribution in [2.45, 2.75) is 37.3 Å². The van der Waals surface area contributed by atoms with Crippen molar-refractivity contribution in [2.24, 2.45) is 5.92 Å². The van der Waals surface area contributed by atoms with E-state index in [0.29, 0.717) is 18.9 Å². The predicted molar refractivity (Wildman–Crippen MR) is 107 cm³/mol. The van der Waals surface area contributed by atoms with Gasteiger partial charge in [0.05, 0.1) is 10.5 Å². The Labute approximate surface area is 173 Å². The zero-order chi connectivity index (χ0) is 21.9. The quantitative estimate of drug-likeness (QED) is 0.754. The first kappa shape index (κ1) is 22.3. The zero-order valence-corrected chi connectivity index (χ0v) is 17.3. The van der Waals surface area contributed by atoms with Crippen molar-refractivity contribution < 1.29 is 26.4 Å². The van der Waals surface area contributed by atoms with Gasteiger partial charge in [0.25, 0.3) is 0 Å². The van der Waals surface area contributed by atoms with E-state index in [9.17, 15) is 26.4 Å². The Bertz CT molecular complexity index is 1010. The average Bonchev–Trinajstić information content (AvgIpc) is 2.73. The molecule has 1 aliphatic heterocycles. The van der Waals surface area contributed by atoms with Crippen LogP contribution in [0.15, 0.2) is 53.4 Å². The van der Waals surface area contributed by atoms with Crippen LogP contribution < -0.4 is 5.32 Å². The molecule has 0 spiro atoms. The van der Waals surface area contributed by atoms with Gasteiger partial charge in [-0.05, 0) is 49.1 Å². The minimum atomic E-state index is -4.62. The molecule has 0 radical (unpaired) electrons. The maximum Gasteiger partial charge on any atom is 0.416 e. The third kappa shape index (κ3) is 4.84. The van der Waals surface area contributed by atoms with Crippen molar-refractivity contribution in [1.29, 1.82) is 0 Å². The number of para-hydroxylation sites is 1. The number of alkyl halides is 3. The molecule has 1 heterocycles. The van der Waals surface area contributed by atoms with Crippen molar-refractivity contribution in [2.75, 3.05) is 18.4 Å². The highest BCUT2D eigenvalue weighted by atomic mass is 32.2. The molecule has 3 rings (SSSR count). The molecule has 0 unspecified atom stereocenters. The van der Waals surface area contributed by atoms with Gasteiger partial charge in [-0.2, -0.15) is 17.5 Å². The lowest BCUT2D eigenvalue weighted by molar-refractivity contribution is -0.137. The van der Waals surface area contributed by atoms with Gasteiger partial charge in [0.15, 0.2) is 0 Å². The number of carbonyl (C=O) groups excluding carboxylic acids is 1. The number of hydrogen-bond acceptors (Lipinski definition) is 3. The normalized spacial score (nSPS) is 16.4. The summed E-state index contributed by atoms with van der Waals surface area (Å²) in [5.41, 5.74) is 0.742. The zero-order valence-electron chi connectivity index (χ0n) is 16.4. The van der Waals surface area contributed by atoms with E-state index in [-0.39, 0.29) is 24.9 Å². The van der Waals surface area contributed by atoms with E-state index in [1.807, 2.05) is 31.2 Å². The van der Waals surface area contributed by atoms with Crippen LogP contribution >= 0.6 is 0 Å². The summed E-state index contributed by atoms with van der Waals surface area (Å²) in [4.78, 5) is 12.2. The van der Waals surface area contributed by atoms with Crippen LogP contribution in [-0.4, -0.2) is 31.7 Å². The molecule has 2 aromatic carbocycles. The molecule has 0 atom stereocenters. The Hall–Kier alpha value is -2.39. The Morgan fingerprint density at radius 2 is 1.77 bits per heavy atom. The van der Waals surface area contributed by atoms with Gasteiger partial charge in [-0.3, -0.25) is 4.79 Å². The highest BCUT2D eigenvalue weighted by Crippen LogP contribution is 2.32. The fraction of sp³-hybridized carbons (Fsp3) is 0.381. The number of benzene rings is 2. The summed E-state index contributed by atoms with van der Waals surface area (Å²) in [7, 11) is -4.06. The lowest BCUT2D eigenvalue weighted by atomic mass is 9.97. The number of nitrogens with one attached hydrogen (secondary N) is 1. The second-order valence-corrected chi connectivity index (χ2v) is 9.14. The lowest BCUT2D eigenvalue weighted by Gasteiger charge is -2.30. The second-order valence-electron chi connectivity index (χ2n) is 7.20. The molecule has 0 aliphatic carbocycles. The molecular weight excluding hydrogens is 417 g/mol. The summed E-state index contributed by atoms with van der Waals surface area (Å²) >= 11 is 0. The van der Waals surface area contributed by atoms with Crippen LogP contribution in [0.1, 0.15) is 30.9 Å². The van der Waals surface area contributed by atoms with Gasteiger partial charge in [0.1, 0.15) is 0 Å². The molecule has 1 amide bonds. The fourth-order valence-corrected chi connectivity index (χ4v) is 5.04. The number of sulfonamides is 1. The summed E-state index contributed by atoms with van der Waals surface area (Å²) < 4.78 is 65.5. The van der Waals surface area contributed by atoms with Crippen LogP contribution in [0.25, 0.3) is 0 Å². The van der Waals surface area contributed by atoms with E-state index in [2.05, 4.69) is 5.32 Å². The van der Waals surface area contributed by atoms with Gasteiger partial charge in [-0.15, -0.1) is 0 Å². The summed E-state index contributed by atoms with van der Waals surface area (Å²) in [5, 5.41) is 2.91. The lowest BCUT2D eigenvalue weighted by Crippen LogP contribution is -2.41. The molecule has 1 N–H and O–H groups in total. The van der Waals surface area contributed by atoms with Gasteiger partial charge in [-0.1, -0.05) is 31.2 Å². The third-order valence-electron chi connectivity index (χ3n) is 5.28. The van der Waals surface area contributed by atoms with Crippen LogP contribution in [0.2, 0.25) is 0 Å². The molecule has 0 saturated carbocycles. The molecule has 162 valence electrons. The Kier molecular flexibility index (Phi) is 6.52. The van der Waals surface area contributed by atoms with Gasteiger partial charge < -0.3 is 5.32 Å². The van der Waals surface area contributed by atoms with Crippen molar-refractivity contribution in [3.63, 3.8) is 0 Å². The first-order chi connectivity index (χ1) is 14.1. The van der Waals surface area contributed by atoms with Crippen molar-refractivity contribution in [1.82, 2.24) is 4.31 Å². The van der Waals surface area contributed by atoms with E-state index in [1.165, 1.54) is 0 Å². The number of amides is 1. The average molecular weight is 440 g/mol. The van der Waals surface area contributed by atoms with Crippen LogP contribution in [0.4, 0.5) is 18.9 Å². The number of aryl methyl sites for hydroxylation is 1. The van der Waals surface area contributed by atoms with Crippen molar-refractivity contribution in [3.05, 3.63) is 59.7 Å². The maximum absolute atomic E-state index is 12.9. The summed E-state index contributed by atoms with van der Waals surface area (Å²) in [6.07, 6.45) is -3.24. The van der Waals surface area contributed by atoms with E-state index in [0.717, 1.165) is 40.2 Å². The van der Waals surface area contributed by atoms with Gasteiger partial charge in [-0.25, -0.2) is 8.42 Å². The molecule has 2 aromatic rings. The van der Waals surface area contributed by atoms with E-state index in [1.54, 1.807) is 0 Å². The van der Waals surface area contributed by atoms with E-state index >= 15 is 0 Å². The Balaban J connectivity index is 1.67. The van der Waals surface area contributed by atoms with Crippen LogP contribution in [0, 0.1) is 5.92 Å². The SMILES string of the molecule is CCc1ccccc1NC(=O)C1CCN(S(=O)(=O)c2cccc(C(F)(F)F)c2)CC1. The number of carbonyl (C=O) groups is 1. The smallest absolute Gasteiger partial charge is 0.326 e. The monoisotopic (exact) mass is 440 g/mol. The largest absolute Gasteiger partial charge is 0.416 e. The molecular formula is C21H23F3N2O3S. The molecule has 30 heavy (non-hydrogen) atoms. The minimum absolute atomic E-state index is 0.0755. The number of nitrogens with zero attached hydrogens (tertiary/aromatic N) is 1. The van der Waals surface area contributed by atoms with E-state index in [4.69, 9.17) is 0 Å². The molecule has 5 nitrogen and oxygen atoms in total. The van der Waals surface area contributed by atoms with Gasteiger partial charge in [0, 0.05) is 24.7 Å². The molecule has 1 aliphatic rings. The number of piperidine rings is 1. The molecule has 0 bridgehead atoms. The Morgan fingerprint density at radius 1 is 1.10 bits per heavy atom. The van der Waals surface area contributed by atoms with Crippen molar-refractivity contribution >= 4 is 21.6 Å². The predicted octanol–water partition coefficient (Wildman–Crippen LogP) is 4.31. The van der Waals surface area contributed by atoms with Crippen molar-refractivity contribution in [3.8, 4) is 0 Å². The number of halogens is 3. The van der Waals surface area contributed by atoms with Crippen LogP contribution in [-0.2, 0) is 27.4 Å². The summed E-state index contributed by atoms with van der Waals surface area (Å²) in [6.45, 7) is 2.14.